The summed E-state index contributed by atoms with van der Waals surface area (Å²) in [4.78, 5) is 1.18. The van der Waals surface area contributed by atoms with E-state index in [1.807, 2.05) is 0 Å². The zero-order valence-electron chi connectivity index (χ0n) is 9.64. The lowest BCUT2D eigenvalue weighted by Crippen LogP contribution is -2.13. The molecule has 1 rings (SSSR count). The van der Waals surface area contributed by atoms with E-state index < -0.39 is 0 Å². The highest BCUT2D eigenvalue weighted by Gasteiger charge is 2.17. The highest BCUT2D eigenvalue weighted by Crippen LogP contribution is 2.32. The van der Waals surface area contributed by atoms with E-state index in [4.69, 9.17) is 5.73 Å². The topological polar surface area (TPSA) is 26.0 Å². The third kappa shape index (κ3) is 2.24. The predicted molar refractivity (Wildman–Crippen MR) is 66.1 cm³/mol. The van der Waals surface area contributed by atoms with Gasteiger partial charge in [0, 0.05) is 10.6 Å². The Morgan fingerprint density at radius 2 is 1.79 bits per heavy atom. The molecule has 1 aromatic carbocycles. The van der Waals surface area contributed by atoms with Gasteiger partial charge in [-0.25, -0.2) is 0 Å². The van der Waals surface area contributed by atoms with Crippen molar-refractivity contribution < 1.29 is 0 Å². The maximum absolute atomic E-state index is 5.98. The second-order valence-corrected chi connectivity index (χ2v) is 5.51. The molecule has 0 radical (unpaired) electrons. The molecule has 0 fully saturated rings. The van der Waals surface area contributed by atoms with Crippen molar-refractivity contribution in [3.05, 3.63) is 23.3 Å². The van der Waals surface area contributed by atoms with Gasteiger partial charge in [-0.3, -0.25) is 0 Å². The normalized spacial score (nSPS) is 11.8. The summed E-state index contributed by atoms with van der Waals surface area (Å²) in [5.41, 5.74) is 9.72. The van der Waals surface area contributed by atoms with E-state index in [0.717, 1.165) is 5.69 Å². The molecule has 1 aromatic rings. The molecule has 0 aliphatic carbocycles. The number of anilines is 1. The van der Waals surface area contributed by atoms with E-state index in [2.05, 4.69) is 46.1 Å². The van der Waals surface area contributed by atoms with Gasteiger partial charge in [-0.1, -0.05) is 20.8 Å². The molecule has 0 aromatic heterocycles. The summed E-state index contributed by atoms with van der Waals surface area (Å²) in [6.07, 6.45) is 2.06. The zero-order valence-corrected chi connectivity index (χ0v) is 10.5. The summed E-state index contributed by atoms with van der Waals surface area (Å²) in [6, 6.07) is 4.29. The van der Waals surface area contributed by atoms with Crippen LogP contribution in [0.4, 0.5) is 5.69 Å². The minimum atomic E-state index is 0.176. The van der Waals surface area contributed by atoms with Gasteiger partial charge in [0.1, 0.15) is 0 Å². The standard InChI is InChI=1S/C12H19NS/c1-8-6-11(14-5)10(13)7-9(8)12(2,3)4/h6-7H,13H2,1-5H3. The molecule has 78 valence electrons. The van der Waals surface area contributed by atoms with E-state index in [0.29, 0.717) is 0 Å². The Morgan fingerprint density at radius 1 is 1.21 bits per heavy atom. The minimum Gasteiger partial charge on any atom is -0.398 e. The largest absolute Gasteiger partial charge is 0.398 e. The third-order valence-electron chi connectivity index (χ3n) is 2.38. The average molecular weight is 209 g/mol. The molecule has 0 amide bonds. The summed E-state index contributed by atoms with van der Waals surface area (Å²) in [7, 11) is 0. The molecule has 1 nitrogen and oxygen atoms in total. The summed E-state index contributed by atoms with van der Waals surface area (Å²) in [5, 5.41) is 0. The molecule has 0 spiro atoms. The SMILES string of the molecule is CSc1cc(C)c(C(C)(C)C)cc1N. The molecule has 14 heavy (non-hydrogen) atoms. The second-order valence-electron chi connectivity index (χ2n) is 4.66. The molecule has 2 N–H and O–H groups in total. The molecular formula is C12H19NS. The quantitative estimate of drug-likeness (QED) is 0.565. The van der Waals surface area contributed by atoms with Gasteiger partial charge in [-0.05, 0) is 41.9 Å². The Bertz CT molecular complexity index is 337. The van der Waals surface area contributed by atoms with Crippen molar-refractivity contribution in [1.82, 2.24) is 0 Å². The van der Waals surface area contributed by atoms with E-state index >= 15 is 0 Å². The second kappa shape index (κ2) is 3.85. The van der Waals surface area contributed by atoms with Crippen LogP contribution in [0.5, 0.6) is 0 Å². The fraction of sp³-hybridized carbons (Fsp3) is 0.500. The van der Waals surface area contributed by atoms with E-state index in [1.165, 1.54) is 16.0 Å². The number of aryl methyl sites for hydroxylation is 1. The Balaban J connectivity index is 3.29. The van der Waals surface area contributed by atoms with E-state index in [9.17, 15) is 0 Å². The lowest BCUT2D eigenvalue weighted by atomic mass is 9.84. The summed E-state index contributed by atoms with van der Waals surface area (Å²) < 4.78 is 0. The fourth-order valence-electron chi connectivity index (χ4n) is 1.68. The Morgan fingerprint density at radius 3 is 2.21 bits per heavy atom. The van der Waals surface area contributed by atoms with Gasteiger partial charge in [-0.2, -0.15) is 0 Å². The van der Waals surface area contributed by atoms with Gasteiger partial charge in [0.15, 0.2) is 0 Å². The first-order valence-corrected chi connectivity index (χ1v) is 6.03. The minimum absolute atomic E-state index is 0.176. The van der Waals surface area contributed by atoms with Crippen LogP contribution in [-0.4, -0.2) is 6.26 Å². The van der Waals surface area contributed by atoms with Crippen LogP contribution in [0.2, 0.25) is 0 Å². The van der Waals surface area contributed by atoms with Crippen LogP contribution in [0.15, 0.2) is 17.0 Å². The van der Waals surface area contributed by atoms with Crippen LogP contribution >= 0.6 is 11.8 Å². The van der Waals surface area contributed by atoms with Crippen LogP contribution in [0, 0.1) is 6.92 Å². The van der Waals surface area contributed by atoms with Crippen molar-refractivity contribution in [2.45, 2.75) is 38.0 Å². The van der Waals surface area contributed by atoms with E-state index in [-0.39, 0.29) is 5.41 Å². The van der Waals surface area contributed by atoms with Crippen LogP contribution in [0.1, 0.15) is 31.9 Å². The lowest BCUT2D eigenvalue weighted by Gasteiger charge is -2.23. The number of thioether (sulfide) groups is 1. The fourth-order valence-corrected chi connectivity index (χ4v) is 2.27. The molecule has 0 aliphatic heterocycles. The van der Waals surface area contributed by atoms with Crippen molar-refractivity contribution in [2.75, 3.05) is 12.0 Å². The first-order chi connectivity index (χ1) is 6.36. The number of nitrogens with two attached hydrogens (primary N) is 1. The van der Waals surface area contributed by atoms with Crippen molar-refractivity contribution in [3.8, 4) is 0 Å². The Labute approximate surface area is 91.1 Å². The molecule has 0 bridgehead atoms. The van der Waals surface area contributed by atoms with Gasteiger partial charge in [0.2, 0.25) is 0 Å². The molecule has 0 saturated heterocycles. The molecule has 0 atom stereocenters. The monoisotopic (exact) mass is 209 g/mol. The molecule has 2 heteroatoms. The van der Waals surface area contributed by atoms with Gasteiger partial charge in [0.05, 0.1) is 0 Å². The summed E-state index contributed by atoms with van der Waals surface area (Å²) in [6.45, 7) is 8.80. The first-order valence-electron chi connectivity index (χ1n) is 4.81. The highest BCUT2D eigenvalue weighted by atomic mass is 32.2. The molecular weight excluding hydrogens is 190 g/mol. The molecule has 0 heterocycles. The van der Waals surface area contributed by atoms with Gasteiger partial charge in [-0.15, -0.1) is 11.8 Å². The van der Waals surface area contributed by atoms with Crippen LogP contribution in [-0.2, 0) is 5.41 Å². The van der Waals surface area contributed by atoms with Crippen molar-refractivity contribution in [1.29, 1.82) is 0 Å². The molecule has 0 saturated carbocycles. The maximum atomic E-state index is 5.98. The van der Waals surface area contributed by atoms with Crippen molar-refractivity contribution in [3.63, 3.8) is 0 Å². The predicted octanol–water partition coefficient (Wildman–Crippen LogP) is 3.60. The summed E-state index contributed by atoms with van der Waals surface area (Å²) >= 11 is 1.70. The maximum Gasteiger partial charge on any atom is 0.0455 e. The van der Waals surface area contributed by atoms with Crippen LogP contribution < -0.4 is 5.73 Å². The Hall–Kier alpha value is -0.630. The first kappa shape index (κ1) is 11.4. The van der Waals surface area contributed by atoms with Crippen molar-refractivity contribution >= 4 is 17.4 Å². The third-order valence-corrected chi connectivity index (χ3v) is 3.18. The highest BCUT2D eigenvalue weighted by molar-refractivity contribution is 7.98. The number of hydrogen-bond acceptors (Lipinski definition) is 2. The average Bonchev–Trinajstić information content (AvgIpc) is 2.06. The Kier molecular flexibility index (Phi) is 3.15. The molecule has 0 unspecified atom stereocenters. The van der Waals surface area contributed by atoms with Gasteiger partial charge >= 0.3 is 0 Å². The van der Waals surface area contributed by atoms with E-state index in [1.54, 1.807) is 11.8 Å². The summed E-state index contributed by atoms with van der Waals surface area (Å²) in [5.74, 6) is 0. The zero-order chi connectivity index (χ0) is 10.9. The number of rotatable bonds is 1. The number of benzene rings is 1. The molecule has 0 aliphatic rings. The van der Waals surface area contributed by atoms with Gasteiger partial charge in [0.25, 0.3) is 0 Å². The number of nitrogen functional groups attached to an aromatic ring is 1. The number of hydrogen-bond donors (Lipinski definition) is 1. The van der Waals surface area contributed by atoms with Crippen LogP contribution in [0.25, 0.3) is 0 Å². The van der Waals surface area contributed by atoms with Crippen LogP contribution in [0.3, 0.4) is 0 Å². The van der Waals surface area contributed by atoms with Crippen molar-refractivity contribution in [2.24, 2.45) is 0 Å². The van der Waals surface area contributed by atoms with Gasteiger partial charge < -0.3 is 5.73 Å². The smallest absolute Gasteiger partial charge is 0.0455 e. The lowest BCUT2D eigenvalue weighted by molar-refractivity contribution is 0.586.